The Bertz CT molecular complexity index is 896. The van der Waals surface area contributed by atoms with E-state index in [0.29, 0.717) is 28.2 Å². The molecule has 0 aliphatic carbocycles. The van der Waals surface area contributed by atoms with E-state index in [1.165, 1.54) is 16.6 Å². The van der Waals surface area contributed by atoms with E-state index < -0.39 is 11.7 Å². The molecule has 1 N–H and O–H groups in total. The Hall–Kier alpha value is -2.57. The van der Waals surface area contributed by atoms with Crippen molar-refractivity contribution in [2.45, 2.75) is 32.9 Å². The van der Waals surface area contributed by atoms with Gasteiger partial charge in [-0.05, 0) is 25.0 Å². The van der Waals surface area contributed by atoms with Crippen LogP contribution < -0.4 is 0 Å². The standard InChI is InChI=1S/C17H16F3N3O/c1-9(2)15-10(3)21-14-8-13(22-23(14)16(15)24)11-4-6-12(7-5-11)17(18,19)20/h4-9,24H,1-3H3. The van der Waals surface area contributed by atoms with Crippen molar-refractivity contribution in [3.8, 4) is 17.1 Å². The molecule has 3 rings (SSSR count). The molecule has 0 radical (unpaired) electrons. The van der Waals surface area contributed by atoms with Gasteiger partial charge in [0.05, 0.1) is 11.3 Å². The Kier molecular flexibility index (Phi) is 3.74. The minimum absolute atomic E-state index is 0.00524. The minimum Gasteiger partial charge on any atom is -0.493 e. The van der Waals surface area contributed by atoms with Gasteiger partial charge in [0.25, 0.3) is 0 Å². The number of nitrogens with zero attached hydrogens (tertiary/aromatic N) is 3. The molecule has 24 heavy (non-hydrogen) atoms. The predicted molar refractivity (Wildman–Crippen MR) is 83.9 cm³/mol. The molecule has 0 saturated heterocycles. The zero-order chi connectivity index (χ0) is 17.6. The van der Waals surface area contributed by atoms with Crippen LogP contribution in [0, 0.1) is 6.92 Å². The number of benzene rings is 1. The van der Waals surface area contributed by atoms with Crippen LogP contribution in [0.25, 0.3) is 16.9 Å². The lowest BCUT2D eigenvalue weighted by Gasteiger charge is -2.11. The zero-order valence-electron chi connectivity index (χ0n) is 13.4. The number of aryl methyl sites for hydroxylation is 1. The van der Waals surface area contributed by atoms with Crippen LogP contribution in [0.5, 0.6) is 5.88 Å². The monoisotopic (exact) mass is 335 g/mol. The molecule has 0 atom stereocenters. The van der Waals surface area contributed by atoms with Gasteiger partial charge < -0.3 is 5.11 Å². The first kappa shape index (κ1) is 16.3. The highest BCUT2D eigenvalue weighted by Crippen LogP contribution is 2.32. The quantitative estimate of drug-likeness (QED) is 0.747. The third kappa shape index (κ3) is 2.70. The number of alkyl halides is 3. The highest BCUT2D eigenvalue weighted by molar-refractivity contribution is 5.65. The van der Waals surface area contributed by atoms with E-state index in [2.05, 4.69) is 10.1 Å². The number of halogens is 3. The maximum absolute atomic E-state index is 12.6. The first-order valence-corrected chi connectivity index (χ1v) is 7.45. The van der Waals surface area contributed by atoms with Gasteiger partial charge in [0.1, 0.15) is 0 Å². The molecule has 7 heteroatoms. The molecular formula is C17H16F3N3O. The van der Waals surface area contributed by atoms with Crippen LogP contribution in [-0.4, -0.2) is 19.7 Å². The topological polar surface area (TPSA) is 50.4 Å². The summed E-state index contributed by atoms with van der Waals surface area (Å²) in [5, 5.41) is 14.7. The average Bonchev–Trinajstić information content (AvgIpc) is 2.90. The average molecular weight is 335 g/mol. The predicted octanol–water partition coefficient (Wildman–Crippen LogP) is 4.55. The Morgan fingerprint density at radius 3 is 2.29 bits per heavy atom. The van der Waals surface area contributed by atoms with Crippen molar-refractivity contribution in [3.05, 3.63) is 47.2 Å². The number of hydrogen-bond donors (Lipinski definition) is 1. The summed E-state index contributed by atoms with van der Waals surface area (Å²) in [5.74, 6) is 0.0753. The summed E-state index contributed by atoms with van der Waals surface area (Å²) in [4.78, 5) is 4.42. The number of aromatic hydroxyl groups is 1. The second-order valence-corrected chi connectivity index (χ2v) is 5.96. The van der Waals surface area contributed by atoms with E-state index in [9.17, 15) is 18.3 Å². The number of rotatable bonds is 2. The largest absolute Gasteiger partial charge is 0.493 e. The van der Waals surface area contributed by atoms with Crippen LogP contribution in [-0.2, 0) is 6.18 Å². The van der Waals surface area contributed by atoms with E-state index in [-0.39, 0.29) is 11.8 Å². The Morgan fingerprint density at radius 1 is 1.12 bits per heavy atom. The summed E-state index contributed by atoms with van der Waals surface area (Å²) < 4.78 is 39.2. The maximum atomic E-state index is 12.6. The molecule has 0 unspecified atom stereocenters. The van der Waals surface area contributed by atoms with Crippen molar-refractivity contribution in [1.29, 1.82) is 0 Å². The second-order valence-electron chi connectivity index (χ2n) is 5.96. The first-order valence-electron chi connectivity index (χ1n) is 7.45. The van der Waals surface area contributed by atoms with Crippen LogP contribution in [0.2, 0.25) is 0 Å². The summed E-state index contributed by atoms with van der Waals surface area (Å²) in [6.07, 6.45) is -4.37. The van der Waals surface area contributed by atoms with Crippen LogP contribution in [0.3, 0.4) is 0 Å². The highest BCUT2D eigenvalue weighted by atomic mass is 19.4. The molecule has 126 valence electrons. The van der Waals surface area contributed by atoms with Gasteiger partial charge in [-0.15, -0.1) is 0 Å². The number of hydrogen-bond acceptors (Lipinski definition) is 3. The van der Waals surface area contributed by atoms with E-state index in [4.69, 9.17) is 0 Å². The van der Waals surface area contributed by atoms with Gasteiger partial charge in [0.15, 0.2) is 5.65 Å². The van der Waals surface area contributed by atoms with Gasteiger partial charge in [-0.1, -0.05) is 26.0 Å². The molecule has 0 amide bonds. The maximum Gasteiger partial charge on any atom is 0.416 e. The Balaban J connectivity index is 2.10. The summed E-state index contributed by atoms with van der Waals surface area (Å²) in [6, 6.07) is 6.38. The normalized spacial score (nSPS) is 12.3. The smallest absolute Gasteiger partial charge is 0.416 e. The molecular weight excluding hydrogens is 319 g/mol. The van der Waals surface area contributed by atoms with Crippen molar-refractivity contribution >= 4 is 5.65 Å². The molecule has 2 aromatic heterocycles. The van der Waals surface area contributed by atoms with Gasteiger partial charge in [-0.2, -0.15) is 22.8 Å². The lowest BCUT2D eigenvalue weighted by Crippen LogP contribution is -2.04. The van der Waals surface area contributed by atoms with Gasteiger partial charge >= 0.3 is 6.18 Å². The van der Waals surface area contributed by atoms with E-state index in [1.807, 2.05) is 13.8 Å². The van der Waals surface area contributed by atoms with Gasteiger partial charge in [-0.3, -0.25) is 0 Å². The lowest BCUT2D eigenvalue weighted by atomic mass is 10.0. The van der Waals surface area contributed by atoms with E-state index in [1.54, 1.807) is 13.0 Å². The zero-order valence-corrected chi connectivity index (χ0v) is 13.4. The summed E-state index contributed by atoms with van der Waals surface area (Å²) in [6.45, 7) is 5.69. The fraction of sp³-hybridized carbons (Fsp3) is 0.294. The van der Waals surface area contributed by atoms with Gasteiger partial charge in [0.2, 0.25) is 5.88 Å². The van der Waals surface area contributed by atoms with Crippen molar-refractivity contribution in [2.75, 3.05) is 0 Å². The third-order valence-corrected chi connectivity index (χ3v) is 3.89. The second kappa shape index (κ2) is 5.51. The molecule has 3 aromatic rings. The molecule has 0 aliphatic heterocycles. The molecule has 1 aromatic carbocycles. The number of aromatic nitrogens is 3. The van der Waals surface area contributed by atoms with Crippen molar-refractivity contribution in [2.24, 2.45) is 0 Å². The molecule has 4 nitrogen and oxygen atoms in total. The van der Waals surface area contributed by atoms with Crippen LogP contribution in [0.15, 0.2) is 30.3 Å². The number of fused-ring (bicyclic) bond motifs is 1. The van der Waals surface area contributed by atoms with Gasteiger partial charge in [-0.25, -0.2) is 4.98 Å². The van der Waals surface area contributed by atoms with Crippen molar-refractivity contribution < 1.29 is 18.3 Å². The van der Waals surface area contributed by atoms with Gasteiger partial charge in [0, 0.05) is 22.9 Å². The fourth-order valence-corrected chi connectivity index (χ4v) is 2.76. The third-order valence-electron chi connectivity index (χ3n) is 3.89. The van der Waals surface area contributed by atoms with Crippen LogP contribution in [0.4, 0.5) is 13.2 Å². The molecule has 0 fully saturated rings. The summed E-state index contributed by atoms with van der Waals surface area (Å²) >= 11 is 0. The van der Waals surface area contributed by atoms with Crippen molar-refractivity contribution in [1.82, 2.24) is 14.6 Å². The molecule has 0 aliphatic rings. The lowest BCUT2D eigenvalue weighted by molar-refractivity contribution is -0.137. The molecule has 0 spiro atoms. The van der Waals surface area contributed by atoms with Crippen LogP contribution in [0.1, 0.15) is 36.6 Å². The molecule has 0 bridgehead atoms. The molecule has 2 heterocycles. The highest BCUT2D eigenvalue weighted by Gasteiger charge is 2.30. The van der Waals surface area contributed by atoms with E-state index in [0.717, 1.165) is 12.1 Å². The summed E-state index contributed by atoms with van der Waals surface area (Å²) in [7, 11) is 0. The SMILES string of the molecule is Cc1nc2cc(-c3ccc(C(F)(F)F)cc3)nn2c(O)c1C(C)C. The van der Waals surface area contributed by atoms with Crippen molar-refractivity contribution in [3.63, 3.8) is 0 Å². The molecule has 0 saturated carbocycles. The first-order chi connectivity index (χ1) is 11.2. The fourth-order valence-electron chi connectivity index (χ4n) is 2.76. The van der Waals surface area contributed by atoms with E-state index >= 15 is 0 Å². The Morgan fingerprint density at radius 2 is 1.75 bits per heavy atom. The Labute approximate surface area is 136 Å². The van der Waals surface area contributed by atoms with Crippen LogP contribution >= 0.6 is 0 Å². The minimum atomic E-state index is -4.37. The summed E-state index contributed by atoms with van der Waals surface area (Å²) in [5.41, 5.74) is 2.11.